The third-order valence-corrected chi connectivity index (χ3v) is 11.5. The van der Waals surface area contributed by atoms with Gasteiger partial charge in [0.1, 0.15) is 5.82 Å². The molecule has 306 valence electrons. The van der Waals surface area contributed by atoms with Gasteiger partial charge in [-0.05, 0) is 68.4 Å². The smallest absolute Gasteiger partial charge is 0.164 e. The second-order valence-corrected chi connectivity index (χ2v) is 15.6. The van der Waals surface area contributed by atoms with Gasteiger partial charge >= 0.3 is 0 Å². The summed E-state index contributed by atoms with van der Waals surface area (Å²) in [4.78, 5) is 30.4. The van der Waals surface area contributed by atoms with E-state index >= 15 is 0 Å². The Labute approximate surface area is 375 Å². The molecule has 0 saturated carbocycles. The molecule has 0 fully saturated rings. The highest BCUT2D eigenvalue weighted by atomic mass is 19.1. The van der Waals surface area contributed by atoms with E-state index in [1.807, 2.05) is 146 Å². The first-order valence-electron chi connectivity index (χ1n) is 21.4. The summed E-state index contributed by atoms with van der Waals surface area (Å²) in [7, 11) is 0. The van der Waals surface area contributed by atoms with E-state index in [1.54, 1.807) is 0 Å². The fourth-order valence-electron chi connectivity index (χ4n) is 8.26. The molecular formula is C58H37FN6. The van der Waals surface area contributed by atoms with E-state index < -0.39 is 0 Å². The molecule has 0 N–H and O–H groups in total. The predicted molar refractivity (Wildman–Crippen MR) is 260 cm³/mol. The van der Waals surface area contributed by atoms with Crippen LogP contribution in [0.5, 0.6) is 0 Å². The Bertz CT molecular complexity index is 3430. The Balaban J connectivity index is 1.08. The Morgan fingerprint density at radius 1 is 0.215 bits per heavy atom. The molecule has 6 nitrogen and oxygen atoms in total. The number of fused-ring (bicyclic) bond motifs is 1. The van der Waals surface area contributed by atoms with Crippen LogP contribution in [-0.4, -0.2) is 29.9 Å². The number of hydrogen-bond donors (Lipinski definition) is 0. The van der Waals surface area contributed by atoms with E-state index in [4.69, 9.17) is 29.9 Å². The van der Waals surface area contributed by atoms with Crippen LogP contribution in [0.4, 0.5) is 4.39 Å². The van der Waals surface area contributed by atoms with Crippen molar-refractivity contribution < 1.29 is 4.39 Å². The molecule has 0 amide bonds. The van der Waals surface area contributed by atoms with Gasteiger partial charge in [0, 0.05) is 33.4 Å². The van der Waals surface area contributed by atoms with Gasteiger partial charge in [0.25, 0.3) is 0 Å². The molecule has 0 aliphatic carbocycles. The van der Waals surface area contributed by atoms with Crippen LogP contribution in [0.2, 0.25) is 0 Å². The van der Waals surface area contributed by atoms with E-state index in [-0.39, 0.29) is 5.82 Å². The Morgan fingerprint density at radius 2 is 0.600 bits per heavy atom. The van der Waals surface area contributed by atoms with Crippen LogP contribution in [0.15, 0.2) is 224 Å². The van der Waals surface area contributed by atoms with Crippen LogP contribution in [0, 0.1) is 5.82 Å². The summed E-state index contributed by atoms with van der Waals surface area (Å²) in [6.07, 6.45) is 0. The predicted octanol–water partition coefficient (Wildman–Crippen LogP) is 14.4. The zero-order chi connectivity index (χ0) is 43.5. The minimum atomic E-state index is -0.310. The molecule has 0 unspecified atom stereocenters. The lowest BCUT2D eigenvalue weighted by molar-refractivity contribution is 0.628. The topological polar surface area (TPSA) is 77.3 Å². The summed E-state index contributed by atoms with van der Waals surface area (Å²) in [6.45, 7) is 0. The molecule has 2 heterocycles. The van der Waals surface area contributed by atoms with Gasteiger partial charge in [-0.25, -0.2) is 34.3 Å². The summed E-state index contributed by atoms with van der Waals surface area (Å²) >= 11 is 0. The van der Waals surface area contributed by atoms with Crippen LogP contribution >= 0.6 is 0 Å². The molecule has 11 aromatic rings. The lowest BCUT2D eigenvalue weighted by atomic mass is 9.88. The van der Waals surface area contributed by atoms with Gasteiger partial charge in [-0.3, -0.25) is 0 Å². The van der Waals surface area contributed by atoms with Crippen molar-refractivity contribution in [3.63, 3.8) is 0 Å². The van der Waals surface area contributed by atoms with Crippen molar-refractivity contribution in [1.82, 2.24) is 29.9 Å². The SMILES string of the molecule is Fc1ccc(-c2cc(-c3ccccc3-c3nc(-c4ccccc4)nc(-c4ccccc4)n3)ccc2-c2ccccc2-c2nc(-c3ccccc3)nc(-c3ccc4ccccc4c3)n2)cc1. The fourth-order valence-corrected chi connectivity index (χ4v) is 8.26. The molecule has 0 radical (unpaired) electrons. The fraction of sp³-hybridized carbons (Fsp3) is 0. The van der Waals surface area contributed by atoms with Gasteiger partial charge in [0.05, 0.1) is 0 Å². The number of nitrogens with zero attached hydrogens (tertiary/aromatic N) is 6. The number of hydrogen-bond acceptors (Lipinski definition) is 6. The van der Waals surface area contributed by atoms with E-state index in [0.29, 0.717) is 34.9 Å². The van der Waals surface area contributed by atoms with Crippen molar-refractivity contribution in [3.05, 3.63) is 230 Å². The second-order valence-electron chi connectivity index (χ2n) is 15.6. The van der Waals surface area contributed by atoms with Gasteiger partial charge in [0.2, 0.25) is 0 Å². The van der Waals surface area contributed by atoms with Gasteiger partial charge in [-0.1, -0.05) is 200 Å². The van der Waals surface area contributed by atoms with Crippen molar-refractivity contribution in [2.24, 2.45) is 0 Å². The van der Waals surface area contributed by atoms with Crippen LogP contribution in [0.1, 0.15) is 0 Å². The molecule has 0 atom stereocenters. The number of benzene rings is 9. The van der Waals surface area contributed by atoms with Gasteiger partial charge in [-0.2, -0.15) is 0 Å². The molecule has 65 heavy (non-hydrogen) atoms. The molecule has 9 aromatic carbocycles. The maximum absolute atomic E-state index is 14.6. The minimum Gasteiger partial charge on any atom is -0.208 e. The Kier molecular flexibility index (Phi) is 10.3. The van der Waals surface area contributed by atoms with E-state index in [9.17, 15) is 4.39 Å². The molecular weight excluding hydrogens is 800 g/mol. The standard InChI is InChI=1S/C58H37FN6/c59-46-33-30-39(31-34-46)52-37-44(47-24-12-14-26-50(47)57-62-53(40-17-4-1-5-18-40)60-54(63-57)41-19-6-2-7-20-41)32-35-49(52)48-25-13-15-27-51(48)58-64-55(42-21-8-3-9-22-42)61-56(65-58)45-29-28-38-16-10-11-23-43(38)36-45/h1-37H. The molecule has 11 rings (SSSR count). The molecule has 7 heteroatoms. The highest BCUT2D eigenvalue weighted by Crippen LogP contribution is 2.42. The van der Waals surface area contributed by atoms with Crippen LogP contribution in [0.25, 0.3) is 112 Å². The Hall–Kier alpha value is -8.81. The first kappa shape index (κ1) is 39.1. The normalized spacial score (nSPS) is 11.2. The van der Waals surface area contributed by atoms with Crippen molar-refractivity contribution in [2.45, 2.75) is 0 Å². The maximum Gasteiger partial charge on any atom is 0.164 e. The monoisotopic (exact) mass is 836 g/mol. The summed E-state index contributed by atoms with van der Waals surface area (Å²) in [5, 5.41) is 2.24. The highest BCUT2D eigenvalue weighted by molar-refractivity contribution is 5.94. The molecule has 0 bridgehead atoms. The maximum atomic E-state index is 14.6. The van der Waals surface area contributed by atoms with Gasteiger partial charge in [-0.15, -0.1) is 0 Å². The molecule has 2 aromatic heterocycles. The van der Waals surface area contributed by atoms with Crippen molar-refractivity contribution in [3.8, 4) is 102 Å². The molecule has 0 saturated heterocycles. The lowest BCUT2D eigenvalue weighted by Crippen LogP contribution is -2.02. The first-order valence-corrected chi connectivity index (χ1v) is 21.4. The summed E-state index contributed by atoms with van der Waals surface area (Å²) < 4.78 is 14.6. The minimum absolute atomic E-state index is 0.310. The van der Waals surface area contributed by atoms with Crippen molar-refractivity contribution >= 4 is 10.8 Å². The summed E-state index contributed by atoms with van der Waals surface area (Å²) in [5.74, 6) is 3.09. The van der Waals surface area contributed by atoms with Gasteiger partial charge < -0.3 is 0 Å². The quantitative estimate of drug-likeness (QED) is 0.144. The summed E-state index contributed by atoms with van der Waals surface area (Å²) in [6, 6.07) is 73.9. The Morgan fingerprint density at radius 3 is 1.15 bits per heavy atom. The van der Waals surface area contributed by atoms with Crippen molar-refractivity contribution in [1.29, 1.82) is 0 Å². The number of aromatic nitrogens is 6. The first-order chi connectivity index (χ1) is 32.1. The zero-order valence-electron chi connectivity index (χ0n) is 34.9. The molecule has 0 spiro atoms. The summed E-state index contributed by atoms with van der Waals surface area (Å²) in [5.41, 5.74) is 10.7. The van der Waals surface area contributed by atoms with E-state index in [0.717, 1.165) is 77.5 Å². The number of rotatable bonds is 9. The highest BCUT2D eigenvalue weighted by Gasteiger charge is 2.21. The largest absolute Gasteiger partial charge is 0.208 e. The van der Waals surface area contributed by atoms with E-state index in [2.05, 4.69) is 66.7 Å². The average Bonchev–Trinajstić information content (AvgIpc) is 3.39. The third kappa shape index (κ3) is 7.94. The lowest BCUT2D eigenvalue weighted by Gasteiger charge is -2.18. The zero-order valence-corrected chi connectivity index (χ0v) is 34.9. The van der Waals surface area contributed by atoms with E-state index in [1.165, 1.54) is 12.1 Å². The molecule has 0 aliphatic rings. The van der Waals surface area contributed by atoms with Crippen LogP contribution < -0.4 is 0 Å². The van der Waals surface area contributed by atoms with Gasteiger partial charge in [0.15, 0.2) is 34.9 Å². The molecule has 0 aliphatic heterocycles. The van der Waals surface area contributed by atoms with Crippen LogP contribution in [0.3, 0.4) is 0 Å². The average molecular weight is 837 g/mol. The third-order valence-electron chi connectivity index (χ3n) is 11.5. The second kappa shape index (κ2) is 17.2. The number of halogens is 1. The van der Waals surface area contributed by atoms with Crippen LogP contribution in [-0.2, 0) is 0 Å². The van der Waals surface area contributed by atoms with Crippen molar-refractivity contribution in [2.75, 3.05) is 0 Å².